The summed E-state index contributed by atoms with van der Waals surface area (Å²) < 4.78 is 10.7. The van der Waals surface area contributed by atoms with Gasteiger partial charge in [0.25, 0.3) is 0 Å². The Morgan fingerprint density at radius 3 is 2.44 bits per heavy atom. The third kappa shape index (κ3) is 4.45. The van der Waals surface area contributed by atoms with Gasteiger partial charge in [0.15, 0.2) is 0 Å². The van der Waals surface area contributed by atoms with Crippen LogP contribution in [-0.2, 0) is 11.3 Å². The van der Waals surface area contributed by atoms with Crippen LogP contribution >= 0.6 is 12.6 Å². The number of rotatable bonds is 7. The molecule has 0 fully saturated rings. The molecule has 1 rings (SSSR count). The molecule has 0 saturated carbocycles. The van der Waals surface area contributed by atoms with E-state index < -0.39 is 0 Å². The second-order valence-corrected chi connectivity index (χ2v) is 4.19. The van der Waals surface area contributed by atoms with Crippen molar-refractivity contribution in [1.29, 1.82) is 0 Å². The van der Waals surface area contributed by atoms with Crippen molar-refractivity contribution in [3.05, 3.63) is 29.8 Å². The van der Waals surface area contributed by atoms with Gasteiger partial charge in [-0.2, -0.15) is 12.6 Å². The predicted molar refractivity (Wildman–Crippen MR) is 70.3 cm³/mol. The van der Waals surface area contributed by atoms with Gasteiger partial charge in [0.2, 0.25) is 0 Å². The Labute approximate surface area is 103 Å². The van der Waals surface area contributed by atoms with Gasteiger partial charge in [-0.15, -0.1) is 0 Å². The second-order valence-electron chi connectivity index (χ2n) is 3.82. The second kappa shape index (κ2) is 7.58. The number of hydrogen-bond donors (Lipinski definition) is 1. The summed E-state index contributed by atoms with van der Waals surface area (Å²) >= 11 is 4.29. The Morgan fingerprint density at radius 2 is 1.94 bits per heavy atom. The highest BCUT2D eigenvalue weighted by molar-refractivity contribution is 7.80. The largest absolute Gasteiger partial charge is 0.497 e. The monoisotopic (exact) mass is 240 g/mol. The van der Waals surface area contributed by atoms with E-state index in [9.17, 15) is 0 Å². The molecule has 0 aliphatic rings. The minimum absolute atomic E-state index is 0.557. The van der Waals surface area contributed by atoms with Crippen molar-refractivity contribution >= 4 is 12.6 Å². The third-order valence-electron chi connectivity index (χ3n) is 2.62. The van der Waals surface area contributed by atoms with Crippen LogP contribution < -0.4 is 4.74 Å². The van der Waals surface area contributed by atoms with Gasteiger partial charge < -0.3 is 9.47 Å². The summed E-state index contributed by atoms with van der Waals surface area (Å²) in [7, 11) is 1.67. The summed E-state index contributed by atoms with van der Waals surface area (Å²) in [5.74, 6) is 2.33. The molecule has 0 heterocycles. The minimum Gasteiger partial charge on any atom is -0.497 e. The van der Waals surface area contributed by atoms with E-state index in [1.165, 1.54) is 5.56 Å². The van der Waals surface area contributed by atoms with Crippen LogP contribution in [0.5, 0.6) is 5.75 Å². The van der Waals surface area contributed by atoms with E-state index in [-0.39, 0.29) is 0 Å². The summed E-state index contributed by atoms with van der Waals surface area (Å²) in [5, 5.41) is 0. The lowest BCUT2D eigenvalue weighted by molar-refractivity contribution is 0.0924. The molecule has 0 N–H and O–H groups in total. The fraction of sp³-hybridized carbons (Fsp3) is 0.538. The maximum atomic E-state index is 5.65. The van der Waals surface area contributed by atoms with Crippen LogP contribution in [0.1, 0.15) is 18.9 Å². The van der Waals surface area contributed by atoms with E-state index in [0.29, 0.717) is 12.5 Å². The Hall–Kier alpha value is -0.670. The van der Waals surface area contributed by atoms with E-state index in [4.69, 9.17) is 9.47 Å². The molecule has 90 valence electrons. The lowest BCUT2D eigenvalue weighted by atomic mass is 10.1. The van der Waals surface area contributed by atoms with Gasteiger partial charge in [0, 0.05) is 0 Å². The minimum atomic E-state index is 0.557. The first-order chi connectivity index (χ1) is 7.80. The molecule has 1 aromatic rings. The van der Waals surface area contributed by atoms with Gasteiger partial charge in [-0.1, -0.05) is 25.5 Å². The van der Waals surface area contributed by atoms with E-state index in [1.54, 1.807) is 7.11 Å². The zero-order chi connectivity index (χ0) is 11.8. The standard InChI is InChI=1S/C13H20O2S/c1-3-11(10-16)8-15-9-12-4-6-13(14-2)7-5-12/h4-7,11,16H,3,8-10H2,1-2H3. The summed E-state index contributed by atoms with van der Waals surface area (Å²) in [6.07, 6.45) is 1.12. The molecule has 1 atom stereocenters. The molecule has 2 nitrogen and oxygen atoms in total. The quantitative estimate of drug-likeness (QED) is 0.738. The first-order valence-electron chi connectivity index (χ1n) is 5.61. The third-order valence-corrected chi connectivity index (χ3v) is 3.13. The lowest BCUT2D eigenvalue weighted by Crippen LogP contribution is -2.10. The van der Waals surface area contributed by atoms with Crippen LogP contribution in [0.25, 0.3) is 0 Å². The molecular weight excluding hydrogens is 220 g/mol. The van der Waals surface area contributed by atoms with Gasteiger partial charge in [-0.3, -0.25) is 0 Å². The molecule has 0 radical (unpaired) electrons. The molecule has 0 saturated heterocycles. The highest BCUT2D eigenvalue weighted by Crippen LogP contribution is 2.13. The molecule has 16 heavy (non-hydrogen) atoms. The van der Waals surface area contributed by atoms with Crippen LogP contribution in [0, 0.1) is 5.92 Å². The SMILES string of the molecule is CCC(CS)COCc1ccc(OC)cc1. The number of thiol groups is 1. The van der Waals surface area contributed by atoms with Crippen molar-refractivity contribution in [3.8, 4) is 5.75 Å². The normalized spacial score (nSPS) is 12.4. The first kappa shape index (κ1) is 13.4. The average Bonchev–Trinajstić information content (AvgIpc) is 2.35. The summed E-state index contributed by atoms with van der Waals surface area (Å²) in [6, 6.07) is 7.96. The molecule has 0 aliphatic heterocycles. The van der Waals surface area contributed by atoms with Crippen molar-refractivity contribution in [2.45, 2.75) is 20.0 Å². The van der Waals surface area contributed by atoms with Crippen molar-refractivity contribution in [2.24, 2.45) is 5.92 Å². The highest BCUT2D eigenvalue weighted by Gasteiger charge is 2.03. The zero-order valence-electron chi connectivity index (χ0n) is 9.98. The Kier molecular flexibility index (Phi) is 6.34. The number of hydrogen-bond acceptors (Lipinski definition) is 3. The van der Waals surface area contributed by atoms with Crippen molar-refractivity contribution in [2.75, 3.05) is 19.5 Å². The van der Waals surface area contributed by atoms with E-state index in [1.807, 2.05) is 24.3 Å². The van der Waals surface area contributed by atoms with Crippen molar-refractivity contribution in [3.63, 3.8) is 0 Å². The van der Waals surface area contributed by atoms with E-state index >= 15 is 0 Å². The number of ether oxygens (including phenoxy) is 2. The van der Waals surface area contributed by atoms with Gasteiger partial charge in [-0.25, -0.2) is 0 Å². The van der Waals surface area contributed by atoms with E-state index in [2.05, 4.69) is 19.6 Å². The average molecular weight is 240 g/mol. The lowest BCUT2D eigenvalue weighted by Gasteiger charge is -2.12. The van der Waals surface area contributed by atoms with Crippen LogP contribution in [0.3, 0.4) is 0 Å². The molecule has 0 aliphatic carbocycles. The molecule has 0 aromatic heterocycles. The van der Waals surface area contributed by atoms with Crippen molar-refractivity contribution < 1.29 is 9.47 Å². The molecule has 1 aromatic carbocycles. The van der Waals surface area contributed by atoms with Gasteiger partial charge in [-0.05, 0) is 29.4 Å². The first-order valence-corrected chi connectivity index (χ1v) is 6.25. The van der Waals surface area contributed by atoms with Crippen LogP contribution in [0.2, 0.25) is 0 Å². The van der Waals surface area contributed by atoms with Gasteiger partial charge in [0.1, 0.15) is 5.75 Å². The topological polar surface area (TPSA) is 18.5 Å². The molecule has 0 amide bonds. The maximum absolute atomic E-state index is 5.65. The summed E-state index contributed by atoms with van der Waals surface area (Å²) in [5.41, 5.74) is 1.18. The fourth-order valence-electron chi connectivity index (χ4n) is 1.36. The Bertz CT molecular complexity index is 280. The smallest absolute Gasteiger partial charge is 0.118 e. The summed E-state index contributed by atoms with van der Waals surface area (Å²) in [4.78, 5) is 0. The molecular formula is C13H20O2S. The highest BCUT2D eigenvalue weighted by atomic mass is 32.1. The molecule has 3 heteroatoms. The molecule has 1 unspecified atom stereocenters. The zero-order valence-corrected chi connectivity index (χ0v) is 10.9. The van der Waals surface area contributed by atoms with Gasteiger partial charge in [0.05, 0.1) is 20.3 Å². The fourth-order valence-corrected chi connectivity index (χ4v) is 1.73. The van der Waals surface area contributed by atoms with E-state index in [0.717, 1.165) is 24.5 Å². The number of methoxy groups -OCH3 is 1. The van der Waals surface area contributed by atoms with Crippen molar-refractivity contribution in [1.82, 2.24) is 0 Å². The molecule has 0 bridgehead atoms. The Balaban J connectivity index is 2.31. The van der Waals surface area contributed by atoms with Gasteiger partial charge >= 0.3 is 0 Å². The molecule has 0 spiro atoms. The Morgan fingerprint density at radius 1 is 1.25 bits per heavy atom. The maximum Gasteiger partial charge on any atom is 0.118 e. The predicted octanol–water partition coefficient (Wildman–Crippen LogP) is 3.17. The number of benzene rings is 1. The summed E-state index contributed by atoms with van der Waals surface area (Å²) in [6.45, 7) is 3.61. The van der Waals surface area contributed by atoms with Crippen LogP contribution in [-0.4, -0.2) is 19.5 Å². The van der Waals surface area contributed by atoms with Crippen LogP contribution in [0.4, 0.5) is 0 Å². The van der Waals surface area contributed by atoms with Crippen LogP contribution in [0.15, 0.2) is 24.3 Å².